The Morgan fingerprint density at radius 2 is 0.891 bits per heavy atom. The molecular weight excluding hydrogens is 1580 g/mol. The molecule has 0 spiro atoms. The molecule has 1 saturated carbocycles. The van der Waals surface area contributed by atoms with Crippen molar-refractivity contribution in [1.29, 1.82) is 5.26 Å². The zero-order chi connectivity index (χ0) is 95.0. The summed E-state index contributed by atoms with van der Waals surface area (Å²) in [6, 6.07) is 9.86. The number of carbonyl (C=O) groups excluding carboxylic acids is 9. The van der Waals surface area contributed by atoms with Crippen LogP contribution in [0, 0.1) is 70.9 Å². The monoisotopic (exact) mass is 1750 g/mol. The first-order chi connectivity index (χ1) is 53.7. The summed E-state index contributed by atoms with van der Waals surface area (Å²) in [7, 11) is 7.53. The Hall–Kier alpha value is -6.44. The van der Waals surface area contributed by atoms with Gasteiger partial charge in [0, 0.05) is 91.9 Å². The van der Waals surface area contributed by atoms with Crippen LogP contribution in [0.15, 0.2) is 91.3 Å². The van der Waals surface area contributed by atoms with Gasteiger partial charge in [-0.15, -0.1) is 34.8 Å². The van der Waals surface area contributed by atoms with Crippen LogP contribution in [0.25, 0.3) is 10.1 Å². The highest BCUT2D eigenvalue weighted by atomic mass is 35.5. The molecule has 1 heterocycles. The number of rotatable bonds is 27. The third kappa shape index (κ3) is 92.1. The zero-order valence-corrected chi connectivity index (χ0v) is 84.5. The maximum atomic E-state index is 12.0. The molecule has 1 fully saturated rings. The fraction of sp³-hybridized carbons (Fsp3) is 0.716. The van der Waals surface area contributed by atoms with Crippen LogP contribution in [0.3, 0.4) is 0 Å². The summed E-state index contributed by atoms with van der Waals surface area (Å²) in [5.74, 6) is 0.312. The van der Waals surface area contributed by atoms with Crippen LogP contribution in [0.2, 0.25) is 0 Å². The van der Waals surface area contributed by atoms with Gasteiger partial charge in [-0.1, -0.05) is 263 Å². The average Bonchev–Trinajstić information content (AvgIpc) is 1.65. The molecule has 0 aliphatic heterocycles. The number of likely N-dealkylation sites (N-methyl/N-ethyl adjacent to an activating group) is 2. The number of carbonyl (C=O) groups is 9. The third-order valence-electron chi connectivity index (χ3n) is 15.5. The van der Waals surface area contributed by atoms with Gasteiger partial charge in [0.15, 0.2) is 5.78 Å². The van der Waals surface area contributed by atoms with E-state index < -0.39 is 5.41 Å². The molecule has 0 saturated heterocycles. The van der Waals surface area contributed by atoms with E-state index >= 15 is 0 Å². The summed E-state index contributed by atoms with van der Waals surface area (Å²) < 4.78 is 2.93. The SMILES string of the molecule is C/C=C/C(=O)NCC(C)(C)C.C=CC(=O)CCCC(C)(C)C.C=CC(=O)N(C)CCC(C)(C)C.C=CC(=O)NCC(C)(C)C.CC(C)(C)CCCC(=O)CCl.CC(C)(C)CNC(=O)C1(C#N)CC1.CC(C)(C)CNC(=O)CCl.CC(C)(C)Cn1sc2ccccc2c1=O.CN(C)C/C=C/C(=O)NCC(C)(C)C.CN(CCC(C)(C)C)C(=O)CCl. The maximum absolute atomic E-state index is 12.0. The highest BCUT2D eigenvalue weighted by Gasteiger charge is 2.50. The van der Waals surface area contributed by atoms with Crippen LogP contribution in [-0.2, 0) is 49.7 Å². The van der Waals surface area contributed by atoms with Crippen LogP contribution < -0.4 is 32.1 Å². The molecule has 0 radical (unpaired) electrons. The Labute approximate surface area is 744 Å². The lowest BCUT2D eigenvalue weighted by molar-refractivity contribution is -0.127. The number of alkyl halides is 3. The molecule has 119 heavy (non-hydrogen) atoms. The van der Waals surface area contributed by atoms with Gasteiger partial charge < -0.3 is 41.3 Å². The van der Waals surface area contributed by atoms with E-state index in [1.54, 1.807) is 47.6 Å². The molecule has 1 aliphatic carbocycles. The molecule has 7 amide bonds. The largest absolute Gasteiger partial charge is 0.355 e. The smallest absolute Gasteiger partial charge is 0.268 e. The number of hydrogen-bond donors (Lipinski definition) is 5. The standard InChI is InChI=1S/C12H15NOS.C11H22N2O.C10H16N2O.C10H19NO.C10H18O.C9H18ClNO.C9H17ClO.C9H17NO.C8H15NO.C7H14ClNO/c1-12(2,3)8-13-11(14)9-6-4-5-7-10(9)15-13;1-11(2,3)9-12-10(14)7-6-8-13(4)5;1-9(2,3)7-12-8(13)10(6-11)4-5-10;1-6-9(12)11(5)8-7-10(2,3)4;1-5-9(11)7-6-8-10(2,3)4;1-9(2,3)5-6-11(4)8(12)7-10;1-9(2,3)6-4-5-8(11)7-10;1-5-6-8(11)10-7-9(2,3)4;1-5-7(10)9-6-8(2,3)4;1-7(2,3)5-9-6(10)4-8/h4-7H,8H2,1-3H3;6-7H,8-9H2,1-5H3,(H,12,14);4-5,7H2,1-3H3,(H,12,13);6H,1,7-8H2,2-5H3;5H,1,6-8H2,2-4H3;5-7H2,1-4H3;4-7H2,1-3H3;5-6H,7H2,1-4H3,(H,10,11);5H,1,6H2,2-4H3,(H,9,10);4-5H2,1-3H3,(H,9,10)/b;7-6+;;;;;;6-5+;;. The Bertz CT molecular complexity index is 3420. The zero-order valence-electron chi connectivity index (χ0n) is 81.4. The van der Waals surface area contributed by atoms with E-state index in [1.165, 1.54) is 24.3 Å². The Morgan fingerprint density at radius 3 is 1.23 bits per heavy atom. The number of hydrogen-bond acceptors (Lipinski definition) is 13. The summed E-state index contributed by atoms with van der Waals surface area (Å²) in [6.45, 7) is 82.2. The van der Waals surface area contributed by atoms with Gasteiger partial charge in [0.2, 0.25) is 41.4 Å². The van der Waals surface area contributed by atoms with E-state index in [0.29, 0.717) is 49.9 Å². The lowest BCUT2D eigenvalue weighted by Gasteiger charge is -2.23. The van der Waals surface area contributed by atoms with Crippen molar-refractivity contribution in [3.05, 3.63) is 96.9 Å². The van der Waals surface area contributed by atoms with Gasteiger partial charge in [-0.2, -0.15) is 5.26 Å². The molecule has 3 rings (SSSR count). The van der Waals surface area contributed by atoms with Gasteiger partial charge in [-0.3, -0.25) is 51.9 Å². The summed E-state index contributed by atoms with van der Waals surface area (Å²) in [5.41, 5.74) is 1.55. The molecule has 688 valence electrons. The quantitative estimate of drug-likeness (QED) is 0.0413. The fourth-order valence-electron chi connectivity index (χ4n) is 8.04. The summed E-state index contributed by atoms with van der Waals surface area (Å²) in [6.07, 6.45) is 19.7. The number of amides is 7. The van der Waals surface area contributed by atoms with Gasteiger partial charge >= 0.3 is 0 Å². The van der Waals surface area contributed by atoms with Gasteiger partial charge in [-0.25, -0.2) is 0 Å². The number of nitriles is 1. The minimum Gasteiger partial charge on any atom is -0.355 e. The van der Waals surface area contributed by atoms with Crippen molar-refractivity contribution in [3.8, 4) is 6.07 Å². The second kappa shape index (κ2) is 62.6. The summed E-state index contributed by atoms with van der Waals surface area (Å²) >= 11 is 17.6. The molecule has 1 aromatic heterocycles. The summed E-state index contributed by atoms with van der Waals surface area (Å²) in [5, 5.41) is 23.5. The molecule has 5 N–H and O–H groups in total. The van der Waals surface area contributed by atoms with Crippen LogP contribution in [0.4, 0.5) is 0 Å². The molecule has 1 aromatic carbocycles. The first-order valence-electron chi connectivity index (χ1n) is 41.6. The van der Waals surface area contributed by atoms with Crippen molar-refractivity contribution in [2.24, 2.45) is 59.6 Å². The van der Waals surface area contributed by atoms with Gasteiger partial charge in [0.05, 0.1) is 22.0 Å². The molecule has 0 unspecified atom stereocenters. The number of fused-ring (bicyclic) bond motifs is 1. The van der Waals surface area contributed by atoms with E-state index in [4.69, 9.17) is 40.1 Å². The maximum Gasteiger partial charge on any atom is 0.268 e. The lowest BCUT2D eigenvalue weighted by Crippen LogP contribution is -2.37. The first kappa shape index (κ1) is 126. The topological polar surface area (TPSA) is 269 Å². The van der Waals surface area contributed by atoms with Crippen LogP contribution in [0.1, 0.15) is 279 Å². The lowest BCUT2D eigenvalue weighted by atomic mass is 9.89. The number of aromatic nitrogens is 1. The minimum atomic E-state index is -0.675. The van der Waals surface area contributed by atoms with Crippen molar-refractivity contribution in [3.63, 3.8) is 0 Å². The summed E-state index contributed by atoms with van der Waals surface area (Å²) in [4.78, 5) is 116. The van der Waals surface area contributed by atoms with E-state index in [2.05, 4.69) is 260 Å². The number of benzene rings is 1. The molecule has 20 nitrogen and oxygen atoms in total. The number of Topliss-reactive ketones (excluding diaryl/α,β-unsaturated/α-hetero) is 1. The van der Waals surface area contributed by atoms with Gasteiger partial charge in [-0.05, 0) is 163 Å². The number of nitrogens with zero attached hydrogens (tertiary/aromatic N) is 5. The number of ketones is 2. The van der Waals surface area contributed by atoms with Gasteiger partial charge in [0.25, 0.3) is 5.56 Å². The predicted octanol–water partition coefficient (Wildman–Crippen LogP) is 20.4. The molecular formula is C95H171Cl3N10O10S. The molecule has 0 atom stereocenters. The van der Waals surface area contributed by atoms with E-state index in [-0.39, 0.29) is 119 Å². The van der Waals surface area contributed by atoms with Crippen molar-refractivity contribution < 1.29 is 43.2 Å². The highest BCUT2D eigenvalue weighted by Crippen LogP contribution is 2.45. The van der Waals surface area contributed by atoms with Crippen molar-refractivity contribution in [2.75, 3.05) is 98.2 Å². The van der Waals surface area contributed by atoms with Crippen molar-refractivity contribution in [2.45, 2.75) is 285 Å². The average molecular weight is 1750 g/mol. The number of allylic oxidation sites excluding steroid dienone is 2. The highest BCUT2D eigenvalue weighted by molar-refractivity contribution is 7.13. The molecule has 1 aliphatic rings. The Morgan fingerprint density at radius 1 is 0.496 bits per heavy atom. The predicted molar refractivity (Wildman–Crippen MR) is 510 cm³/mol. The number of halogens is 3. The third-order valence-corrected chi connectivity index (χ3v) is 17.3. The minimum absolute atomic E-state index is 0.000694. The van der Waals surface area contributed by atoms with Gasteiger partial charge in [0.1, 0.15) is 23.0 Å². The first-order valence-corrected chi connectivity index (χ1v) is 44.0. The van der Waals surface area contributed by atoms with E-state index in [1.807, 2.05) is 60.2 Å². The van der Waals surface area contributed by atoms with Crippen LogP contribution in [-0.4, -0.2) is 170 Å². The van der Waals surface area contributed by atoms with E-state index in [0.717, 1.165) is 94.2 Å². The number of nitrogens with one attached hydrogen (secondary N) is 5. The Kier molecular flexibility index (Phi) is 66.2. The molecule has 2 aromatic rings. The van der Waals surface area contributed by atoms with Crippen molar-refractivity contribution in [1.82, 2.24) is 45.2 Å². The Balaban J connectivity index is -0.000000235. The molecule has 0 bridgehead atoms. The van der Waals surface area contributed by atoms with Crippen molar-refractivity contribution >= 4 is 109 Å². The van der Waals surface area contributed by atoms with E-state index in [9.17, 15) is 47.9 Å². The normalized spacial score (nSPS) is 12.4. The molecule has 24 heteroatoms. The van der Waals surface area contributed by atoms with Crippen LogP contribution >= 0.6 is 46.3 Å². The second-order valence-electron chi connectivity index (χ2n) is 42.3. The second-order valence-corrected chi connectivity index (χ2v) is 44.2. The van der Waals surface area contributed by atoms with Crippen LogP contribution in [0.5, 0.6) is 0 Å². The fourth-order valence-corrected chi connectivity index (χ4v) is 9.73.